The summed E-state index contributed by atoms with van der Waals surface area (Å²) in [5.41, 5.74) is 3.32. The summed E-state index contributed by atoms with van der Waals surface area (Å²) in [5, 5.41) is 3.48. The summed E-state index contributed by atoms with van der Waals surface area (Å²) in [6.07, 6.45) is 0.551. The molecule has 1 unspecified atom stereocenters. The topological polar surface area (TPSA) is 75.7 Å². The third-order valence-corrected chi connectivity index (χ3v) is 8.55. The molecule has 1 heterocycles. The molecule has 0 radical (unpaired) electrons. The number of amides is 1. The fourth-order valence-electron chi connectivity index (χ4n) is 4.46. The molecule has 4 rings (SSSR count). The van der Waals surface area contributed by atoms with Gasteiger partial charge in [0, 0.05) is 17.0 Å². The lowest BCUT2D eigenvalue weighted by Gasteiger charge is -2.38. The largest absolute Gasteiger partial charge is 0.487 e. The standard InChI is InChI=1S/C28H31ClN2O4S/c1-18-9-12-21(13-10-18)36(33,34)31(25-8-6-7-23(29)20(25)3)17-27(32)30-24-16-28(4,5)35-26-15-19(2)11-14-22(24)26/h6-15,24H,16-17H2,1-5H3,(H,30,32). The Bertz CT molecular complexity index is 1400. The Balaban J connectivity index is 1.69. The van der Waals surface area contributed by atoms with Crippen LogP contribution in [0, 0.1) is 20.8 Å². The van der Waals surface area contributed by atoms with E-state index in [0.29, 0.717) is 22.7 Å². The fourth-order valence-corrected chi connectivity index (χ4v) is 6.11. The lowest BCUT2D eigenvalue weighted by molar-refractivity contribution is -0.120. The molecule has 1 aliphatic rings. The van der Waals surface area contributed by atoms with Gasteiger partial charge in [0.25, 0.3) is 10.0 Å². The molecule has 0 saturated heterocycles. The maximum atomic E-state index is 13.8. The summed E-state index contributed by atoms with van der Waals surface area (Å²) >= 11 is 6.33. The van der Waals surface area contributed by atoms with E-state index in [4.69, 9.17) is 16.3 Å². The monoisotopic (exact) mass is 526 g/mol. The lowest BCUT2D eigenvalue weighted by atomic mass is 9.89. The van der Waals surface area contributed by atoms with Gasteiger partial charge in [0.2, 0.25) is 5.91 Å². The summed E-state index contributed by atoms with van der Waals surface area (Å²) in [4.78, 5) is 13.5. The Labute approximate surface area is 218 Å². The molecule has 36 heavy (non-hydrogen) atoms. The molecular formula is C28H31ClN2O4S. The second kappa shape index (κ2) is 9.79. The van der Waals surface area contributed by atoms with Gasteiger partial charge < -0.3 is 10.1 Å². The summed E-state index contributed by atoms with van der Waals surface area (Å²) in [5.74, 6) is 0.311. The zero-order valence-corrected chi connectivity index (χ0v) is 22.7. The molecule has 0 aromatic heterocycles. The molecule has 1 amide bonds. The van der Waals surface area contributed by atoms with Gasteiger partial charge in [-0.05, 0) is 76.1 Å². The average molecular weight is 527 g/mol. The van der Waals surface area contributed by atoms with E-state index in [2.05, 4.69) is 5.32 Å². The van der Waals surface area contributed by atoms with Crippen LogP contribution >= 0.6 is 11.6 Å². The van der Waals surface area contributed by atoms with Gasteiger partial charge in [0.1, 0.15) is 17.9 Å². The van der Waals surface area contributed by atoms with Crippen molar-refractivity contribution in [3.8, 4) is 5.75 Å². The number of halogens is 1. The SMILES string of the molecule is Cc1ccc(S(=O)(=O)N(CC(=O)NC2CC(C)(C)Oc3cc(C)ccc32)c2cccc(Cl)c2C)cc1. The van der Waals surface area contributed by atoms with Crippen LogP contribution in [0.4, 0.5) is 5.69 Å². The highest BCUT2D eigenvalue weighted by Gasteiger charge is 2.36. The van der Waals surface area contributed by atoms with Gasteiger partial charge in [0.05, 0.1) is 16.6 Å². The van der Waals surface area contributed by atoms with Gasteiger partial charge in [-0.15, -0.1) is 0 Å². The normalized spacial score (nSPS) is 16.6. The highest BCUT2D eigenvalue weighted by molar-refractivity contribution is 7.92. The molecule has 1 N–H and O–H groups in total. The predicted octanol–water partition coefficient (Wildman–Crippen LogP) is 5.88. The first kappa shape index (κ1) is 26.0. The number of hydrogen-bond acceptors (Lipinski definition) is 4. The first-order chi connectivity index (χ1) is 16.9. The average Bonchev–Trinajstić information content (AvgIpc) is 2.78. The maximum Gasteiger partial charge on any atom is 0.264 e. The van der Waals surface area contributed by atoms with Gasteiger partial charge in [-0.3, -0.25) is 9.10 Å². The Hall–Kier alpha value is -3.03. The van der Waals surface area contributed by atoms with Crippen LogP contribution in [0.3, 0.4) is 0 Å². The molecule has 3 aromatic carbocycles. The van der Waals surface area contributed by atoms with Gasteiger partial charge in [-0.25, -0.2) is 8.42 Å². The van der Waals surface area contributed by atoms with Crippen molar-refractivity contribution in [2.24, 2.45) is 0 Å². The number of carbonyl (C=O) groups is 1. The Morgan fingerprint density at radius 1 is 1.06 bits per heavy atom. The molecule has 1 atom stereocenters. The van der Waals surface area contributed by atoms with Crippen LogP contribution in [0.25, 0.3) is 0 Å². The van der Waals surface area contributed by atoms with Crippen LogP contribution in [0.2, 0.25) is 5.02 Å². The molecule has 0 spiro atoms. The van der Waals surface area contributed by atoms with Crippen LogP contribution in [-0.4, -0.2) is 26.5 Å². The van der Waals surface area contributed by atoms with Crippen LogP contribution in [0.15, 0.2) is 65.6 Å². The van der Waals surface area contributed by atoms with E-state index in [-0.39, 0.29) is 10.9 Å². The summed E-state index contributed by atoms with van der Waals surface area (Å²) < 4.78 is 34.8. The van der Waals surface area contributed by atoms with Crippen molar-refractivity contribution in [2.45, 2.75) is 57.6 Å². The third kappa shape index (κ3) is 5.37. The quantitative estimate of drug-likeness (QED) is 0.435. The van der Waals surface area contributed by atoms with Crippen LogP contribution < -0.4 is 14.4 Å². The molecule has 6 nitrogen and oxygen atoms in total. The van der Waals surface area contributed by atoms with E-state index in [0.717, 1.165) is 26.7 Å². The molecule has 0 fully saturated rings. The van der Waals surface area contributed by atoms with Crippen molar-refractivity contribution >= 4 is 33.2 Å². The number of anilines is 1. The van der Waals surface area contributed by atoms with Crippen molar-refractivity contribution in [3.05, 3.63) is 87.9 Å². The Morgan fingerprint density at radius 3 is 2.42 bits per heavy atom. The molecule has 8 heteroatoms. The van der Waals surface area contributed by atoms with Gasteiger partial charge in [-0.1, -0.05) is 47.5 Å². The third-order valence-electron chi connectivity index (χ3n) is 6.37. The number of fused-ring (bicyclic) bond motifs is 1. The van der Waals surface area contributed by atoms with E-state index >= 15 is 0 Å². The van der Waals surface area contributed by atoms with Crippen molar-refractivity contribution in [1.29, 1.82) is 0 Å². The van der Waals surface area contributed by atoms with Crippen molar-refractivity contribution in [3.63, 3.8) is 0 Å². The summed E-state index contributed by atoms with van der Waals surface area (Å²) in [6, 6.07) is 17.2. The van der Waals surface area contributed by atoms with Crippen molar-refractivity contribution in [2.75, 3.05) is 10.8 Å². The minimum atomic E-state index is -4.05. The number of benzene rings is 3. The maximum absolute atomic E-state index is 13.8. The van der Waals surface area contributed by atoms with Crippen LogP contribution in [0.5, 0.6) is 5.75 Å². The van der Waals surface area contributed by atoms with Crippen LogP contribution in [0.1, 0.15) is 48.6 Å². The smallest absolute Gasteiger partial charge is 0.264 e. The first-order valence-electron chi connectivity index (χ1n) is 11.8. The molecular weight excluding hydrogens is 496 g/mol. The van der Waals surface area contributed by atoms with E-state index in [1.54, 1.807) is 49.4 Å². The Kier molecular flexibility index (Phi) is 7.08. The number of nitrogens with zero attached hydrogens (tertiary/aromatic N) is 1. The van der Waals surface area contributed by atoms with E-state index in [9.17, 15) is 13.2 Å². The number of aryl methyl sites for hydroxylation is 2. The zero-order chi connectivity index (χ0) is 26.3. The van der Waals surface area contributed by atoms with Gasteiger partial charge in [-0.2, -0.15) is 0 Å². The minimum absolute atomic E-state index is 0.105. The van der Waals surface area contributed by atoms with E-state index in [1.807, 2.05) is 45.9 Å². The summed E-state index contributed by atoms with van der Waals surface area (Å²) in [6.45, 7) is 9.17. The first-order valence-corrected chi connectivity index (χ1v) is 13.6. The second-order valence-corrected chi connectivity index (χ2v) is 12.2. The molecule has 0 saturated carbocycles. The number of ether oxygens (including phenoxy) is 1. The fraction of sp³-hybridized carbons (Fsp3) is 0.321. The van der Waals surface area contributed by atoms with E-state index in [1.165, 1.54) is 0 Å². The Morgan fingerprint density at radius 2 is 1.72 bits per heavy atom. The lowest BCUT2D eigenvalue weighted by Crippen LogP contribution is -2.45. The molecule has 0 aliphatic carbocycles. The summed E-state index contributed by atoms with van der Waals surface area (Å²) in [7, 11) is -4.05. The van der Waals surface area contributed by atoms with Gasteiger partial charge in [0.15, 0.2) is 0 Å². The van der Waals surface area contributed by atoms with Crippen LogP contribution in [-0.2, 0) is 14.8 Å². The number of nitrogens with one attached hydrogen (secondary N) is 1. The number of hydrogen-bond donors (Lipinski definition) is 1. The number of sulfonamides is 1. The van der Waals surface area contributed by atoms with E-state index < -0.39 is 28.1 Å². The molecule has 1 aliphatic heterocycles. The van der Waals surface area contributed by atoms with Crippen molar-refractivity contribution < 1.29 is 17.9 Å². The second-order valence-electron chi connectivity index (χ2n) is 9.94. The molecule has 3 aromatic rings. The van der Waals surface area contributed by atoms with Crippen molar-refractivity contribution in [1.82, 2.24) is 5.32 Å². The highest BCUT2D eigenvalue weighted by atomic mass is 35.5. The number of carbonyl (C=O) groups excluding carboxylic acids is 1. The molecule has 0 bridgehead atoms. The number of rotatable bonds is 6. The zero-order valence-electron chi connectivity index (χ0n) is 21.1. The predicted molar refractivity (Wildman–Crippen MR) is 143 cm³/mol. The highest BCUT2D eigenvalue weighted by Crippen LogP contribution is 2.40. The van der Waals surface area contributed by atoms with Gasteiger partial charge >= 0.3 is 0 Å². The molecule has 190 valence electrons. The minimum Gasteiger partial charge on any atom is -0.487 e.